The Kier molecular flexibility index (Phi) is 7.77. The summed E-state index contributed by atoms with van der Waals surface area (Å²) >= 11 is 0. The van der Waals surface area contributed by atoms with Gasteiger partial charge >= 0.3 is 0 Å². The largest absolute Gasteiger partial charge is 0.493 e. The Morgan fingerprint density at radius 3 is 2.59 bits per heavy atom. The van der Waals surface area contributed by atoms with Crippen molar-refractivity contribution in [3.05, 3.63) is 23.4 Å². The highest BCUT2D eigenvalue weighted by molar-refractivity contribution is 5.84. The van der Waals surface area contributed by atoms with Crippen molar-refractivity contribution in [1.29, 1.82) is 0 Å². The second-order valence-electron chi connectivity index (χ2n) is 11.4. The van der Waals surface area contributed by atoms with E-state index in [0.29, 0.717) is 5.92 Å². The minimum Gasteiger partial charge on any atom is -0.493 e. The average Bonchev–Trinajstić information content (AvgIpc) is 3.57. The van der Waals surface area contributed by atoms with Gasteiger partial charge in [0.15, 0.2) is 5.58 Å². The zero-order valence-corrected chi connectivity index (χ0v) is 21.2. The number of hydrogen-bond donors (Lipinski definition) is 1. The van der Waals surface area contributed by atoms with Gasteiger partial charge < -0.3 is 24.2 Å². The second-order valence-corrected chi connectivity index (χ2v) is 11.4. The molecule has 6 nitrogen and oxygen atoms in total. The highest BCUT2D eigenvalue weighted by atomic mass is 16.5. The monoisotopic (exact) mass is 469 g/mol. The lowest BCUT2D eigenvalue weighted by Crippen LogP contribution is -2.41. The number of aromatic nitrogens is 1. The Morgan fingerprint density at radius 2 is 1.85 bits per heavy atom. The number of piperidine rings is 1. The van der Waals surface area contributed by atoms with Crippen LogP contribution in [-0.4, -0.2) is 66.5 Å². The number of fused-ring (bicyclic) bond motifs is 1. The molecule has 1 saturated heterocycles. The molecule has 1 aromatic carbocycles. The van der Waals surface area contributed by atoms with Crippen molar-refractivity contribution in [2.24, 2.45) is 17.8 Å². The molecule has 0 radical (unpaired) electrons. The van der Waals surface area contributed by atoms with Crippen LogP contribution in [0.15, 0.2) is 16.7 Å². The van der Waals surface area contributed by atoms with Gasteiger partial charge in [0, 0.05) is 18.5 Å². The SMILES string of the molecule is CN(C)Cc1c(OCC2CC2)ccc2c(CCC3CCN(C[C@H]4CCCC[C@@H]4O)CC3)noc12. The van der Waals surface area contributed by atoms with Crippen LogP contribution >= 0.6 is 0 Å². The lowest BCUT2D eigenvalue weighted by atomic mass is 9.85. The van der Waals surface area contributed by atoms with Gasteiger partial charge in [-0.15, -0.1) is 0 Å². The molecule has 1 aromatic heterocycles. The van der Waals surface area contributed by atoms with Crippen LogP contribution in [0.2, 0.25) is 0 Å². The van der Waals surface area contributed by atoms with Gasteiger partial charge in [0.2, 0.25) is 0 Å². The van der Waals surface area contributed by atoms with Gasteiger partial charge in [0.05, 0.1) is 24.0 Å². The van der Waals surface area contributed by atoms with Crippen LogP contribution in [-0.2, 0) is 13.0 Å². The van der Waals surface area contributed by atoms with E-state index in [2.05, 4.69) is 41.2 Å². The molecule has 5 rings (SSSR count). The molecule has 2 aromatic rings. The Labute approximate surface area is 204 Å². The van der Waals surface area contributed by atoms with Crippen molar-refractivity contribution < 1.29 is 14.4 Å². The summed E-state index contributed by atoms with van der Waals surface area (Å²) in [6.07, 6.45) is 11.8. The maximum Gasteiger partial charge on any atom is 0.175 e. The van der Waals surface area contributed by atoms with E-state index in [4.69, 9.17) is 9.26 Å². The first kappa shape index (κ1) is 24.1. The molecule has 3 aliphatic rings. The summed E-state index contributed by atoms with van der Waals surface area (Å²) in [5, 5.41) is 16.0. The summed E-state index contributed by atoms with van der Waals surface area (Å²) in [6.45, 7) is 5.03. The van der Waals surface area contributed by atoms with E-state index in [9.17, 15) is 5.11 Å². The van der Waals surface area contributed by atoms with Crippen molar-refractivity contribution in [1.82, 2.24) is 15.0 Å². The third-order valence-electron chi connectivity index (χ3n) is 8.28. The van der Waals surface area contributed by atoms with E-state index < -0.39 is 0 Å². The molecule has 3 fully saturated rings. The minimum absolute atomic E-state index is 0.0797. The lowest BCUT2D eigenvalue weighted by Gasteiger charge is -2.37. The van der Waals surface area contributed by atoms with Crippen molar-refractivity contribution >= 4 is 11.0 Å². The summed E-state index contributed by atoms with van der Waals surface area (Å²) in [5.74, 6) is 2.92. The van der Waals surface area contributed by atoms with Crippen LogP contribution in [0.5, 0.6) is 5.75 Å². The van der Waals surface area contributed by atoms with Crippen LogP contribution in [0.3, 0.4) is 0 Å². The number of likely N-dealkylation sites (tertiary alicyclic amines) is 1. The van der Waals surface area contributed by atoms with Crippen LogP contribution < -0.4 is 4.74 Å². The second kappa shape index (κ2) is 11.0. The fraction of sp³-hybridized carbons (Fsp3) is 0.750. The van der Waals surface area contributed by atoms with Crippen molar-refractivity contribution in [3.63, 3.8) is 0 Å². The van der Waals surface area contributed by atoms with E-state index in [0.717, 1.165) is 72.3 Å². The first-order chi connectivity index (χ1) is 16.6. The van der Waals surface area contributed by atoms with E-state index in [-0.39, 0.29) is 6.10 Å². The Balaban J connectivity index is 1.16. The summed E-state index contributed by atoms with van der Waals surface area (Å²) in [4.78, 5) is 4.76. The molecule has 1 aliphatic heterocycles. The molecule has 2 atom stereocenters. The van der Waals surface area contributed by atoms with Crippen LogP contribution in [0.4, 0.5) is 0 Å². The molecule has 0 unspecified atom stereocenters. The first-order valence-electron chi connectivity index (χ1n) is 13.6. The number of benzene rings is 1. The normalized spacial score (nSPS) is 24.8. The predicted molar refractivity (Wildman–Crippen MR) is 135 cm³/mol. The van der Waals surface area contributed by atoms with Gasteiger partial charge in [0.25, 0.3) is 0 Å². The maximum absolute atomic E-state index is 10.3. The maximum atomic E-state index is 10.3. The van der Waals surface area contributed by atoms with Crippen molar-refractivity contribution in [3.8, 4) is 5.75 Å². The molecule has 0 bridgehead atoms. The molecule has 6 heteroatoms. The van der Waals surface area contributed by atoms with Gasteiger partial charge in [-0.05, 0) is 108 Å². The molecule has 2 heterocycles. The molecule has 34 heavy (non-hydrogen) atoms. The smallest absolute Gasteiger partial charge is 0.175 e. The number of rotatable bonds is 10. The lowest BCUT2D eigenvalue weighted by molar-refractivity contribution is 0.0380. The van der Waals surface area contributed by atoms with Crippen LogP contribution in [0.1, 0.15) is 69.0 Å². The molecule has 1 N–H and O–H groups in total. The number of aliphatic hydroxyl groups is 1. The number of aliphatic hydroxyl groups excluding tert-OH is 1. The third kappa shape index (κ3) is 5.95. The number of nitrogens with zero attached hydrogens (tertiary/aromatic N) is 3. The average molecular weight is 470 g/mol. The van der Waals surface area contributed by atoms with Gasteiger partial charge in [-0.2, -0.15) is 0 Å². The van der Waals surface area contributed by atoms with Crippen LogP contribution in [0, 0.1) is 17.8 Å². The topological polar surface area (TPSA) is 62.0 Å². The van der Waals surface area contributed by atoms with E-state index in [1.807, 2.05) is 0 Å². The zero-order chi connectivity index (χ0) is 23.5. The van der Waals surface area contributed by atoms with E-state index >= 15 is 0 Å². The molecular formula is C28H43N3O3. The van der Waals surface area contributed by atoms with Gasteiger partial charge in [-0.1, -0.05) is 18.0 Å². The first-order valence-corrected chi connectivity index (χ1v) is 13.6. The minimum atomic E-state index is -0.0797. The van der Waals surface area contributed by atoms with E-state index in [1.165, 1.54) is 64.5 Å². The molecular weight excluding hydrogens is 426 g/mol. The number of hydrogen-bond acceptors (Lipinski definition) is 6. The van der Waals surface area contributed by atoms with Crippen molar-refractivity contribution in [2.75, 3.05) is 40.3 Å². The fourth-order valence-corrected chi connectivity index (χ4v) is 5.90. The van der Waals surface area contributed by atoms with Gasteiger partial charge in [-0.25, -0.2) is 0 Å². The van der Waals surface area contributed by atoms with E-state index in [1.54, 1.807) is 0 Å². The number of ether oxygens (including phenoxy) is 1. The highest BCUT2D eigenvalue weighted by Gasteiger charge is 2.28. The summed E-state index contributed by atoms with van der Waals surface area (Å²) in [5.41, 5.74) is 3.12. The Morgan fingerprint density at radius 1 is 1.06 bits per heavy atom. The van der Waals surface area contributed by atoms with Crippen molar-refractivity contribution in [2.45, 2.75) is 76.9 Å². The Bertz CT molecular complexity index is 930. The highest BCUT2D eigenvalue weighted by Crippen LogP contribution is 2.35. The molecule has 0 amide bonds. The Hall–Kier alpha value is -1.63. The summed E-state index contributed by atoms with van der Waals surface area (Å²) < 4.78 is 12.1. The van der Waals surface area contributed by atoms with Crippen LogP contribution in [0.25, 0.3) is 11.0 Å². The predicted octanol–water partition coefficient (Wildman–Crippen LogP) is 4.87. The summed E-state index contributed by atoms with van der Waals surface area (Å²) in [7, 11) is 4.17. The molecule has 2 aliphatic carbocycles. The third-order valence-corrected chi connectivity index (χ3v) is 8.28. The zero-order valence-electron chi connectivity index (χ0n) is 21.2. The van der Waals surface area contributed by atoms with Gasteiger partial charge in [0.1, 0.15) is 5.75 Å². The molecule has 0 spiro atoms. The molecule has 188 valence electrons. The molecule has 2 saturated carbocycles. The van der Waals surface area contributed by atoms with Gasteiger partial charge in [-0.3, -0.25) is 0 Å². The summed E-state index contributed by atoms with van der Waals surface area (Å²) in [6, 6.07) is 4.28. The standard InChI is InChI=1S/C28H43N3O3/c1-30(2)18-24-27(33-19-21-7-8-21)12-10-23-25(29-34-28(23)24)11-9-20-13-15-31(16-14-20)17-22-5-3-4-6-26(22)32/h10,12,20-22,26,32H,3-9,11,13-19H2,1-2H3/t22-,26+/m1/s1. The number of aryl methyl sites for hydroxylation is 1. The fourth-order valence-electron chi connectivity index (χ4n) is 5.90. The quantitative estimate of drug-likeness (QED) is 0.535.